The number of nitrogens with zero attached hydrogens (tertiary/aromatic N) is 3. The van der Waals surface area contributed by atoms with Crippen LogP contribution in [0.25, 0.3) is 0 Å². The van der Waals surface area contributed by atoms with Crippen LogP contribution >= 0.6 is 24.0 Å². The molecule has 1 saturated heterocycles. The van der Waals surface area contributed by atoms with Gasteiger partial charge in [0, 0.05) is 31.9 Å². The van der Waals surface area contributed by atoms with Crippen LogP contribution in [0.1, 0.15) is 37.8 Å². The number of piperidine rings is 1. The van der Waals surface area contributed by atoms with E-state index in [2.05, 4.69) is 29.3 Å². The highest BCUT2D eigenvalue weighted by Gasteiger charge is 2.27. The van der Waals surface area contributed by atoms with E-state index in [4.69, 9.17) is 9.73 Å². The molecule has 2 heterocycles. The van der Waals surface area contributed by atoms with Crippen LogP contribution in [-0.4, -0.2) is 47.6 Å². The number of hydrogen-bond acceptors (Lipinski definition) is 4. The topological polar surface area (TPSA) is 75.9 Å². The van der Waals surface area contributed by atoms with Crippen LogP contribution in [0.5, 0.6) is 0 Å². The van der Waals surface area contributed by atoms with Gasteiger partial charge in [0.25, 0.3) is 5.56 Å². The molecule has 1 aromatic heterocycles. The van der Waals surface area contributed by atoms with E-state index in [-0.39, 0.29) is 41.4 Å². The van der Waals surface area contributed by atoms with Gasteiger partial charge >= 0.3 is 5.97 Å². The molecule has 3 rings (SSSR count). The van der Waals surface area contributed by atoms with Crippen LogP contribution in [0.4, 0.5) is 0 Å². The second-order valence-corrected chi connectivity index (χ2v) is 7.67. The van der Waals surface area contributed by atoms with Gasteiger partial charge < -0.3 is 19.5 Å². The molecule has 1 N–H and O–H groups in total. The molecule has 32 heavy (non-hydrogen) atoms. The van der Waals surface area contributed by atoms with Gasteiger partial charge in [-0.25, -0.2) is 4.99 Å². The summed E-state index contributed by atoms with van der Waals surface area (Å²) in [6.45, 7) is 7.84. The number of pyridine rings is 1. The fourth-order valence-electron chi connectivity index (χ4n) is 3.72. The van der Waals surface area contributed by atoms with Crippen LogP contribution < -0.4 is 10.9 Å². The molecule has 0 spiro atoms. The SMILES string of the molecule is CCNC(=NCc1ccc(Cn2ccccc2=O)cc1)N1CCC(C(=O)OCC)CC1.I. The van der Waals surface area contributed by atoms with Crippen molar-refractivity contribution in [3.8, 4) is 0 Å². The zero-order valence-electron chi connectivity index (χ0n) is 18.8. The van der Waals surface area contributed by atoms with Crippen molar-refractivity contribution in [1.29, 1.82) is 0 Å². The molecule has 8 heteroatoms. The number of hydrogen-bond donors (Lipinski definition) is 1. The van der Waals surface area contributed by atoms with E-state index in [1.54, 1.807) is 22.9 Å². The molecule has 2 aromatic rings. The quantitative estimate of drug-likeness (QED) is 0.247. The van der Waals surface area contributed by atoms with Crippen LogP contribution in [-0.2, 0) is 22.6 Å². The van der Waals surface area contributed by atoms with E-state index in [0.29, 0.717) is 19.7 Å². The Hall–Kier alpha value is -2.36. The average molecular weight is 552 g/mol. The molecule has 0 saturated carbocycles. The number of guanidine groups is 1. The number of halogens is 1. The number of esters is 1. The van der Waals surface area contributed by atoms with Gasteiger partial charge in [0.05, 0.1) is 25.6 Å². The van der Waals surface area contributed by atoms with Crippen molar-refractivity contribution in [1.82, 2.24) is 14.8 Å². The van der Waals surface area contributed by atoms with Crippen LogP contribution in [0, 0.1) is 5.92 Å². The Labute approximate surface area is 206 Å². The molecule has 174 valence electrons. The monoisotopic (exact) mass is 552 g/mol. The zero-order chi connectivity index (χ0) is 22.1. The maximum atomic E-state index is 12.0. The largest absolute Gasteiger partial charge is 0.466 e. The number of aliphatic imine (C=N–C) groups is 1. The van der Waals surface area contributed by atoms with E-state index in [1.165, 1.54) is 0 Å². The minimum atomic E-state index is -0.0815. The average Bonchev–Trinajstić information content (AvgIpc) is 2.79. The molecule has 0 unspecified atom stereocenters. The maximum Gasteiger partial charge on any atom is 0.309 e. The van der Waals surface area contributed by atoms with Crippen molar-refractivity contribution in [2.75, 3.05) is 26.2 Å². The number of ether oxygens (including phenoxy) is 1. The summed E-state index contributed by atoms with van der Waals surface area (Å²) in [5, 5.41) is 3.36. The minimum Gasteiger partial charge on any atom is -0.466 e. The predicted molar refractivity (Wildman–Crippen MR) is 137 cm³/mol. The number of carbonyl (C=O) groups excluding carboxylic acids is 1. The molecule has 1 aliphatic rings. The van der Waals surface area contributed by atoms with Crippen molar-refractivity contribution in [3.63, 3.8) is 0 Å². The Morgan fingerprint density at radius 1 is 1.09 bits per heavy atom. The highest BCUT2D eigenvalue weighted by molar-refractivity contribution is 14.0. The second kappa shape index (κ2) is 13.2. The number of rotatable bonds is 7. The molecule has 0 bridgehead atoms. The van der Waals surface area contributed by atoms with E-state index in [0.717, 1.165) is 49.6 Å². The molecule has 0 aliphatic carbocycles. The smallest absolute Gasteiger partial charge is 0.309 e. The first-order chi connectivity index (χ1) is 15.1. The second-order valence-electron chi connectivity index (χ2n) is 7.67. The lowest BCUT2D eigenvalue weighted by atomic mass is 9.97. The summed E-state index contributed by atoms with van der Waals surface area (Å²) in [6.07, 6.45) is 3.38. The Bertz CT molecular complexity index is 935. The van der Waals surface area contributed by atoms with Crippen LogP contribution in [0.3, 0.4) is 0 Å². The third-order valence-corrected chi connectivity index (χ3v) is 5.44. The van der Waals surface area contributed by atoms with Gasteiger partial charge in [-0.2, -0.15) is 0 Å². The van der Waals surface area contributed by atoms with Crippen LogP contribution in [0.15, 0.2) is 58.4 Å². The molecule has 1 aliphatic heterocycles. The van der Waals surface area contributed by atoms with Gasteiger partial charge in [0.1, 0.15) is 0 Å². The molecule has 7 nitrogen and oxygen atoms in total. The molecule has 0 amide bonds. The van der Waals surface area contributed by atoms with Gasteiger partial charge in [0.15, 0.2) is 5.96 Å². The van der Waals surface area contributed by atoms with E-state index < -0.39 is 0 Å². The summed E-state index contributed by atoms with van der Waals surface area (Å²) in [7, 11) is 0. The number of aromatic nitrogens is 1. The highest BCUT2D eigenvalue weighted by Crippen LogP contribution is 2.19. The van der Waals surface area contributed by atoms with Crippen molar-refractivity contribution < 1.29 is 9.53 Å². The van der Waals surface area contributed by atoms with E-state index in [1.807, 2.05) is 25.1 Å². The van der Waals surface area contributed by atoms with Gasteiger partial charge in [0.2, 0.25) is 0 Å². The fourth-order valence-corrected chi connectivity index (χ4v) is 3.72. The van der Waals surface area contributed by atoms with E-state index >= 15 is 0 Å². The van der Waals surface area contributed by atoms with Crippen molar-refractivity contribution >= 4 is 35.9 Å². The molecular formula is C24H33IN4O3. The lowest BCUT2D eigenvalue weighted by Gasteiger charge is -2.33. The zero-order valence-corrected chi connectivity index (χ0v) is 21.2. The molecule has 1 fully saturated rings. The first kappa shape index (κ1) is 25.9. The number of benzene rings is 1. The third kappa shape index (κ3) is 7.36. The summed E-state index contributed by atoms with van der Waals surface area (Å²) < 4.78 is 6.85. The Morgan fingerprint density at radius 3 is 2.41 bits per heavy atom. The van der Waals surface area contributed by atoms with Gasteiger partial charge in [-0.15, -0.1) is 24.0 Å². The number of nitrogens with one attached hydrogen (secondary N) is 1. The Kier molecular flexibility index (Phi) is 10.7. The van der Waals surface area contributed by atoms with Crippen LogP contribution in [0.2, 0.25) is 0 Å². The normalized spacial score (nSPS) is 14.6. The first-order valence-electron chi connectivity index (χ1n) is 11.0. The summed E-state index contributed by atoms with van der Waals surface area (Å²) >= 11 is 0. The molecule has 1 aromatic carbocycles. The Morgan fingerprint density at radius 2 is 1.78 bits per heavy atom. The lowest BCUT2D eigenvalue weighted by molar-refractivity contribution is -0.149. The van der Waals surface area contributed by atoms with Gasteiger partial charge in [-0.05, 0) is 43.9 Å². The lowest BCUT2D eigenvalue weighted by Crippen LogP contribution is -2.46. The fraction of sp³-hybridized carbons (Fsp3) is 0.458. The van der Waals surface area contributed by atoms with Gasteiger partial charge in [-0.1, -0.05) is 30.3 Å². The first-order valence-corrected chi connectivity index (χ1v) is 11.0. The molecule has 0 radical (unpaired) electrons. The molecular weight excluding hydrogens is 519 g/mol. The number of carbonyl (C=O) groups is 1. The Balaban J connectivity index is 0.00000363. The van der Waals surface area contributed by atoms with E-state index in [9.17, 15) is 9.59 Å². The summed E-state index contributed by atoms with van der Waals surface area (Å²) in [5.41, 5.74) is 2.19. The van der Waals surface area contributed by atoms with Crippen molar-refractivity contribution in [3.05, 3.63) is 70.1 Å². The summed E-state index contributed by atoms with van der Waals surface area (Å²) in [4.78, 5) is 30.9. The van der Waals surface area contributed by atoms with Crippen molar-refractivity contribution in [2.45, 2.75) is 39.8 Å². The summed E-state index contributed by atoms with van der Waals surface area (Å²) in [6, 6.07) is 13.4. The molecule has 0 atom stereocenters. The number of likely N-dealkylation sites (tertiary alicyclic amines) is 1. The highest BCUT2D eigenvalue weighted by atomic mass is 127. The minimum absolute atomic E-state index is 0. The third-order valence-electron chi connectivity index (χ3n) is 5.44. The standard InChI is InChI=1S/C24H32N4O3.HI/c1-3-25-24(27-15-12-21(13-16-27)23(30)31-4-2)26-17-19-8-10-20(11-9-19)18-28-14-6-5-7-22(28)29;/h5-11,14,21H,3-4,12-13,15-18H2,1-2H3,(H,25,26);1H. The summed E-state index contributed by atoms with van der Waals surface area (Å²) in [5.74, 6) is 0.787. The van der Waals surface area contributed by atoms with Gasteiger partial charge in [-0.3, -0.25) is 9.59 Å². The maximum absolute atomic E-state index is 12.0. The predicted octanol–water partition coefficient (Wildman–Crippen LogP) is 3.26. The van der Waals surface area contributed by atoms with Crippen molar-refractivity contribution in [2.24, 2.45) is 10.9 Å².